The van der Waals surface area contributed by atoms with Crippen LogP contribution >= 0.6 is 27.5 Å². The molecule has 5 heteroatoms. The number of hydrogen-bond donors (Lipinski definition) is 0. The molecule has 0 spiro atoms. The Bertz CT molecular complexity index is 592. The van der Waals surface area contributed by atoms with E-state index in [0.29, 0.717) is 17.3 Å². The Hall–Kier alpha value is -1.26. The van der Waals surface area contributed by atoms with Gasteiger partial charge in [0.05, 0.1) is 5.02 Å². The molecule has 0 N–H and O–H groups in total. The molecule has 19 heavy (non-hydrogen) atoms. The van der Waals surface area contributed by atoms with Crippen molar-refractivity contribution in [2.24, 2.45) is 7.05 Å². The van der Waals surface area contributed by atoms with E-state index in [1.165, 1.54) is 0 Å². The van der Waals surface area contributed by atoms with E-state index in [0.717, 1.165) is 10.0 Å². The molecule has 2 rings (SSSR count). The van der Waals surface area contributed by atoms with Gasteiger partial charge in [-0.25, -0.2) is 0 Å². The fraction of sp³-hybridized carbons (Fsp3) is 0.214. The second kappa shape index (κ2) is 5.80. The van der Waals surface area contributed by atoms with E-state index >= 15 is 0 Å². The summed E-state index contributed by atoms with van der Waals surface area (Å²) in [5.74, 6) is -0.0441. The second-order valence-electron chi connectivity index (χ2n) is 4.44. The van der Waals surface area contributed by atoms with Gasteiger partial charge in [-0.1, -0.05) is 39.7 Å². The normalized spacial score (nSPS) is 10.5. The summed E-state index contributed by atoms with van der Waals surface area (Å²) in [7, 11) is 3.60. The molecule has 1 heterocycles. The zero-order valence-electron chi connectivity index (χ0n) is 10.7. The third-order valence-electron chi connectivity index (χ3n) is 2.87. The van der Waals surface area contributed by atoms with E-state index in [1.807, 2.05) is 31.3 Å². The number of hydrogen-bond acceptors (Lipinski definition) is 1. The van der Waals surface area contributed by atoms with Crippen molar-refractivity contribution in [3.05, 3.63) is 57.3 Å². The maximum absolute atomic E-state index is 12.3. The SMILES string of the molecule is CN(Cc1ccc(Br)cc1)C(=O)c1cc(Cl)cn1C. The van der Waals surface area contributed by atoms with Gasteiger partial charge in [-0.3, -0.25) is 4.79 Å². The number of amides is 1. The van der Waals surface area contributed by atoms with Crippen LogP contribution in [0, 0.1) is 0 Å². The molecule has 0 saturated heterocycles. The Balaban J connectivity index is 2.11. The van der Waals surface area contributed by atoms with Crippen LogP contribution in [-0.2, 0) is 13.6 Å². The fourth-order valence-corrected chi connectivity index (χ4v) is 2.38. The van der Waals surface area contributed by atoms with Crippen LogP contribution in [0.3, 0.4) is 0 Å². The van der Waals surface area contributed by atoms with Gasteiger partial charge in [0.25, 0.3) is 5.91 Å². The van der Waals surface area contributed by atoms with Gasteiger partial charge in [0, 0.05) is 31.3 Å². The van der Waals surface area contributed by atoms with Crippen molar-refractivity contribution in [2.75, 3.05) is 7.05 Å². The summed E-state index contributed by atoms with van der Waals surface area (Å²) in [6, 6.07) is 9.60. The Morgan fingerprint density at radius 3 is 2.53 bits per heavy atom. The molecule has 0 fully saturated rings. The van der Waals surface area contributed by atoms with Gasteiger partial charge in [-0.2, -0.15) is 0 Å². The van der Waals surface area contributed by atoms with E-state index in [2.05, 4.69) is 15.9 Å². The van der Waals surface area contributed by atoms with Gasteiger partial charge in [0.1, 0.15) is 5.69 Å². The molecule has 0 aliphatic carbocycles. The monoisotopic (exact) mass is 340 g/mol. The van der Waals surface area contributed by atoms with Gasteiger partial charge in [0.2, 0.25) is 0 Å². The Morgan fingerprint density at radius 2 is 2.00 bits per heavy atom. The maximum Gasteiger partial charge on any atom is 0.270 e. The highest BCUT2D eigenvalue weighted by atomic mass is 79.9. The molecular weight excluding hydrogens is 328 g/mol. The first-order valence-electron chi connectivity index (χ1n) is 5.79. The van der Waals surface area contributed by atoms with E-state index in [-0.39, 0.29) is 5.91 Å². The third-order valence-corrected chi connectivity index (χ3v) is 3.61. The lowest BCUT2D eigenvalue weighted by atomic mass is 10.2. The number of nitrogens with zero attached hydrogens (tertiary/aromatic N) is 2. The van der Waals surface area contributed by atoms with Gasteiger partial charge in [-0.15, -0.1) is 0 Å². The highest BCUT2D eigenvalue weighted by Crippen LogP contribution is 2.16. The van der Waals surface area contributed by atoms with Crippen molar-refractivity contribution >= 4 is 33.4 Å². The van der Waals surface area contributed by atoms with Crippen LogP contribution in [0.4, 0.5) is 0 Å². The number of benzene rings is 1. The highest BCUT2D eigenvalue weighted by Gasteiger charge is 2.16. The molecule has 0 atom stereocenters. The standard InChI is InChI=1S/C14H14BrClN2O/c1-17-9-12(16)7-13(17)14(19)18(2)8-10-3-5-11(15)6-4-10/h3-7,9H,8H2,1-2H3. The average molecular weight is 342 g/mol. The van der Waals surface area contributed by atoms with E-state index in [1.54, 1.807) is 28.8 Å². The number of aryl methyl sites for hydroxylation is 1. The molecular formula is C14H14BrClN2O. The van der Waals surface area contributed by atoms with Crippen molar-refractivity contribution in [3.63, 3.8) is 0 Å². The van der Waals surface area contributed by atoms with E-state index in [9.17, 15) is 4.79 Å². The predicted octanol–water partition coefficient (Wildman–Crippen LogP) is 3.71. The van der Waals surface area contributed by atoms with E-state index < -0.39 is 0 Å². The van der Waals surface area contributed by atoms with Crippen LogP contribution in [-0.4, -0.2) is 22.4 Å². The van der Waals surface area contributed by atoms with Gasteiger partial charge < -0.3 is 9.47 Å². The topological polar surface area (TPSA) is 25.2 Å². The van der Waals surface area contributed by atoms with Gasteiger partial charge in [0.15, 0.2) is 0 Å². The summed E-state index contributed by atoms with van der Waals surface area (Å²) in [4.78, 5) is 14.0. The molecule has 2 aromatic rings. The van der Waals surface area contributed by atoms with Crippen molar-refractivity contribution in [2.45, 2.75) is 6.54 Å². The third kappa shape index (κ3) is 3.39. The summed E-state index contributed by atoms with van der Waals surface area (Å²) >= 11 is 9.29. The predicted molar refractivity (Wildman–Crippen MR) is 80.4 cm³/mol. The van der Waals surface area contributed by atoms with Crippen molar-refractivity contribution in [1.29, 1.82) is 0 Å². The molecule has 0 radical (unpaired) electrons. The molecule has 1 amide bonds. The zero-order chi connectivity index (χ0) is 14.0. The largest absolute Gasteiger partial charge is 0.345 e. The first kappa shape index (κ1) is 14.2. The number of carbonyl (C=O) groups excluding carboxylic acids is 1. The fourth-order valence-electron chi connectivity index (χ4n) is 1.87. The summed E-state index contributed by atoms with van der Waals surface area (Å²) < 4.78 is 2.77. The minimum atomic E-state index is -0.0441. The number of carbonyl (C=O) groups is 1. The minimum absolute atomic E-state index is 0.0441. The molecule has 1 aromatic heterocycles. The lowest BCUT2D eigenvalue weighted by Crippen LogP contribution is -2.27. The summed E-state index contributed by atoms with van der Waals surface area (Å²) in [6.07, 6.45) is 1.72. The van der Waals surface area contributed by atoms with Crippen LogP contribution in [0.25, 0.3) is 0 Å². The Labute approximate surface area is 125 Å². The molecule has 0 bridgehead atoms. The molecule has 100 valence electrons. The molecule has 0 saturated carbocycles. The van der Waals surface area contributed by atoms with Crippen LogP contribution in [0.1, 0.15) is 16.1 Å². The first-order chi connectivity index (χ1) is 8.97. The summed E-state index contributed by atoms with van der Waals surface area (Å²) in [6.45, 7) is 0.564. The van der Waals surface area contributed by atoms with Crippen LogP contribution in [0.2, 0.25) is 5.02 Å². The summed E-state index contributed by atoms with van der Waals surface area (Å²) in [5, 5.41) is 0.572. The maximum atomic E-state index is 12.3. The number of aromatic nitrogens is 1. The number of rotatable bonds is 3. The van der Waals surface area contributed by atoms with Crippen molar-refractivity contribution in [3.8, 4) is 0 Å². The Kier molecular flexibility index (Phi) is 4.32. The molecule has 0 aliphatic heterocycles. The molecule has 1 aromatic carbocycles. The lowest BCUT2D eigenvalue weighted by molar-refractivity contribution is 0.0775. The van der Waals surface area contributed by atoms with Crippen LogP contribution in [0.5, 0.6) is 0 Å². The van der Waals surface area contributed by atoms with Gasteiger partial charge >= 0.3 is 0 Å². The molecule has 3 nitrogen and oxygen atoms in total. The molecule has 0 aliphatic rings. The van der Waals surface area contributed by atoms with Crippen LogP contribution < -0.4 is 0 Å². The molecule has 0 unspecified atom stereocenters. The highest BCUT2D eigenvalue weighted by molar-refractivity contribution is 9.10. The Morgan fingerprint density at radius 1 is 1.37 bits per heavy atom. The first-order valence-corrected chi connectivity index (χ1v) is 6.96. The quantitative estimate of drug-likeness (QED) is 0.835. The van der Waals surface area contributed by atoms with Gasteiger partial charge in [-0.05, 0) is 23.8 Å². The van der Waals surface area contributed by atoms with Crippen molar-refractivity contribution in [1.82, 2.24) is 9.47 Å². The zero-order valence-corrected chi connectivity index (χ0v) is 13.1. The second-order valence-corrected chi connectivity index (χ2v) is 5.79. The lowest BCUT2D eigenvalue weighted by Gasteiger charge is -2.17. The summed E-state index contributed by atoms with van der Waals surface area (Å²) in [5.41, 5.74) is 1.67. The average Bonchev–Trinajstić information content (AvgIpc) is 2.70. The number of halogens is 2. The van der Waals surface area contributed by atoms with E-state index in [4.69, 9.17) is 11.6 Å². The minimum Gasteiger partial charge on any atom is -0.345 e. The van der Waals surface area contributed by atoms with Crippen LogP contribution in [0.15, 0.2) is 41.0 Å². The van der Waals surface area contributed by atoms with Crippen molar-refractivity contribution < 1.29 is 4.79 Å². The smallest absolute Gasteiger partial charge is 0.270 e.